The summed E-state index contributed by atoms with van der Waals surface area (Å²) in [7, 11) is -2.31. The molecule has 0 bridgehead atoms. The van der Waals surface area contributed by atoms with Crippen molar-refractivity contribution in [2.75, 3.05) is 11.9 Å². The van der Waals surface area contributed by atoms with Gasteiger partial charge in [-0.05, 0) is 49.4 Å². The van der Waals surface area contributed by atoms with Gasteiger partial charge in [0.05, 0.1) is 4.90 Å². The maximum Gasteiger partial charge on any atom is 0.322 e. The molecule has 0 radical (unpaired) electrons. The average Bonchev–Trinajstić information content (AvgIpc) is 3.01. The van der Waals surface area contributed by atoms with Crippen molar-refractivity contribution < 1.29 is 23.1 Å². The number of hydrogen-bond donors (Lipinski definition) is 1. The smallest absolute Gasteiger partial charge is 0.322 e. The van der Waals surface area contributed by atoms with E-state index in [0.717, 1.165) is 19.3 Å². The summed E-state index contributed by atoms with van der Waals surface area (Å²) in [6, 6.07) is 4.78. The Morgan fingerprint density at radius 2 is 1.77 bits per heavy atom. The molecule has 3 rings (SSSR count). The summed E-state index contributed by atoms with van der Waals surface area (Å²) in [5.41, 5.74) is 0.586. The number of anilines is 1. The first kappa shape index (κ1) is 18.8. The Morgan fingerprint density at radius 3 is 2.35 bits per heavy atom. The number of carbonyl (C=O) groups excluding carboxylic acids is 1. The molecule has 3 unspecified atom stereocenters. The van der Waals surface area contributed by atoms with E-state index in [1.807, 2.05) is 0 Å². The maximum absolute atomic E-state index is 13.2. The maximum atomic E-state index is 13.2. The van der Waals surface area contributed by atoms with Gasteiger partial charge >= 0.3 is 5.97 Å². The molecule has 142 valence electrons. The van der Waals surface area contributed by atoms with Crippen LogP contribution in [0.2, 0.25) is 0 Å². The third-order valence-electron chi connectivity index (χ3n) is 5.59. The molecule has 1 saturated carbocycles. The van der Waals surface area contributed by atoms with Gasteiger partial charge < -0.3 is 10.0 Å². The van der Waals surface area contributed by atoms with Crippen molar-refractivity contribution in [3.05, 3.63) is 24.3 Å². The van der Waals surface area contributed by atoms with Crippen LogP contribution in [0.1, 0.15) is 39.0 Å². The van der Waals surface area contributed by atoms with Gasteiger partial charge in [0.25, 0.3) is 0 Å². The Labute approximate surface area is 153 Å². The molecule has 2 fully saturated rings. The van der Waals surface area contributed by atoms with Crippen molar-refractivity contribution in [3.63, 3.8) is 0 Å². The van der Waals surface area contributed by atoms with Crippen LogP contribution < -0.4 is 4.90 Å². The lowest BCUT2D eigenvalue weighted by Gasteiger charge is -2.32. The zero-order valence-electron chi connectivity index (χ0n) is 15.0. The number of rotatable bonds is 4. The van der Waals surface area contributed by atoms with Gasteiger partial charge in [-0.3, -0.25) is 9.59 Å². The number of carboxylic acids is 1. The molecule has 8 heteroatoms. The van der Waals surface area contributed by atoms with Crippen molar-refractivity contribution in [1.29, 1.82) is 0 Å². The van der Waals surface area contributed by atoms with Crippen LogP contribution in [0, 0.1) is 5.92 Å². The van der Waals surface area contributed by atoms with Crippen molar-refractivity contribution in [1.82, 2.24) is 4.31 Å². The Balaban J connectivity index is 1.95. The Bertz CT molecular complexity index is 805. The van der Waals surface area contributed by atoms with Gasteiger partial charge in [0.2, 0.25) is 15.9 Å². The second-order valence-electron chi connectivity index (χ2n) is 7.11. The van der Waals surface area contributed by atoms with Gasteiger partial charge in [0, 0.05) is 25.7 Å². The van der Waals surface area contributed by atoms with Crippen LogP contribution >= 0.6 is 0 Å². The summed E-state index contributed by atoms with van der Waals surface area (Å²) >= 11 is 0. The van der Waals surface area contributed by atoms with E-state index in [1.165, 1.54) is 28.3 Å². The molecule has 2 aliphatic rings. The van der Waals surface area contributed by atoms with E-state index in [9.17, 15) is 23.1 Å². The summed E-state index contributed by atoms with van der Waals surface area (Å²) in [4.78, 5) is 24.6. The molecule has 1 amide bonds. The molecule has 3 atom stereocenters. The highest BCUT2D eigenvalue weighted by Gasteiger charge is 2.51. The van der Waals surface area contributed by atoms with Gasteiger partial charge in [0.1, 0.15) is 6.04 Å². The molecular weight excluding hydrogens is 356 g/mol. The summed E-state index contributed by atoms with van der Waals surface area (Å²) in [6.45, 7) is 1.43. The number of carbonyl (C=O) groups is 2. The lowest BCUT2D eigenvalue weighted by molar-refractivity contribution is -0.141. The van der Waals surface area contributed by atoms with E-state index in [0.29, 0.717) is 18.5 Å². The first-order valence-corrected chi connectivity index (χ1v) is 10.3. The van der Waals surface area contributed by atoms with Crippen molar-refractivity contribution in [2.45, 2.75) is 56.0 Å². The highest BCUT2D eigenvalue weighted by molar-refractivity contribution is 7.89. The number of carboxylic acid groups (broad SMARTS) is 1. The quantitative estimate of drug-likeness (QED) is 0.863. The molecular formula is C18H24N2O5S. The van der Waals surface area contributed by atoms with Crippen LogP contribution in [0.4, 0.5) is 5.69 Å². The number of benzene rings is 1. The second kappa shape index (κ2) is 7.00. The Hall–Kier alpha value is -1.93. The second-order valence-corrected chi connectivity index (χ2v) is 8.95. The molecule has 1 aliphatic carbocycles. The summed E-state index contributed by atoms with van der Waals surface area (Å²) in [6.07, 6.45) is 3.90. The van der Waals surface area contributed by atoms with Crippen molar-refractivity contribution in [2.24, 2.45) is 5.92 Å². The van der Waals surface area contributed by atoms with E-state index in [4.69, 9.17) is 0 Å². The number of aliphatic carboxylic acids is 1. The topological polar surface area (TPSA) is 95.0 Å². The molecule has 1 aliphatic heterocycles. The molecule has 26 heavy (non-hydrogen) atoms. The van der Waals surface area contributed by atoms with Gasteiger partial charge in [-0.2, -0.15) is 4.31 Å². The Kier molecular flexibility index (Phi) is 5.07. The molecule has 1 N–H and O–H groups in total. The minimum atomic E-state index is -3.92. The summed E-state index contributed by atoms with van der Waals surface area (Å²) < 4.78 is 27.6. The van der Waals surface area contributed by atoms with Crippen LogP contribution in [0.15, 0.2) is 29.2 Å². The van der Waals surface area contributed by atoms with Gasteiger partial charge in [-0.25, -0.2) is 8.42 Å². The number of nitrogens with zero attached hydrogens (tertiary/aromatic N) is 2. The molecule has 7 nitrogen and oxygen atoms in total. The highest BCUT2D eigenvalue weighted by Crippen LogP contribution is 2.42. The predicted molar refractivity (Wildman–Crippen MR) is 96.3 cm³/mol. The van der Waals surface area contributed by atoms with Crippen molar-refractivity contribution >= 4 is 27.6 Å². The number of amides is 1. The lowest BCUT2D eigenvalue weighted by Crippen LogP contribution is -2.46. The van der Waals surface area contributed by atoms with Gasteiger partial charge in [-0.15, -0.1) is 0 Å². The molecule has 1 heterocycles. The highest BCUT2D eigenvalue weighted by atomic mass is 32.2. The molecule has 0 aromatic heterocycles. The van der Waals surface area contributed by atoms with Gasteiger partial charge in [0.15, 0.2) is 0 Å². The molecule has 0 spiro atoms. The minimum Gasteiger partial charge on any atom is -0.480 e. The summed E-state index contributed by atoms with van der Waals surface area (Å²) in [5.74, 6) is -1.13. The van der Waals surface area contributed by atoms with Crippen LogP contribution in [0.25, 0.3) is 0 Å². The van der Waals surface area contributed by atoms with Crippen LogP contribution in [-0.4, -0.2) is 48.8 Å². The van der Waals surface area contributed by atoms with Crippen LogP contribution in [0.5, 0.6) is 0 Å². The summed E-state index contributed by atoms with van der Waals surface area (Å²) in [5, 5.41) is 9.57. The van der Waals surface area contributed by atoms with E-state index < -0.39 is 22.0 Å². The zero-order valence-corrected chi connectivity index (χ0v) is 15.8. The first-order valence-electron chi connectivity index (χ1n) is 8.84. The molecule has 1 aromatic carbocycles. The lowest BCUT2D eigenvalue weighted by atomic mass is 9.85. The normalized spacial score (nSPS) is 26.3. The van der Waals surface area contributed by atoms with E-state index >= 15 is 0 Å². The molecule has 1 saturated heterocycles. The fourth-order valence-electron chi connectivity index (χ4n) is 4.12. The first-order chi connectivity index (χ1) is 12.2. The number of sulfonamides is 1. The van der Waals surface area contributed by atoms with E-state index in [-0.39, 0.29) is 22.8 Å². The van der Waals surface area contributed by atoms with Crippen LogP contribution in [0.3, 0.4) is 0 Å². The zero-order chi connectivity index (χ0) is 19.1. The van der Waals surface area contributed by atoms with E-state index in [1.54, 1.807) is 19.2 Å². The minimum absolute atomic E-state index is 0.0654. The fourth-order valence-corrected chi connectivity index (χ4v) is 5.99. The van der Waals surface area contributed by atoms with Crippen molar-refractivity contribution in [3.8, 4) is 0 Å². The van der Waals surface area contributed by atoms with E-state index in [2.05, 4.69) is 0 Å². The third kappa shape index (κ3) is 3.23. The standard InChI is InChI=1S/C18H24N2O5S/c1-12(21)19(2)14-7-9-15(10-8-14)26(24,25)20-16-6-4-3-5-13(16)11-17(20)18(22)23/h7-10,13,16-17H,3-6,11H2,1-2H3,(H,22,23). The number of hydrogen-bond acceptors (Lipinski definition) is 4. The number of fused-ring (bicyclic) bond motifs is 1. The Morgan fingerprint density at radius 1 is 1.15 bits per heavy atom. The molecule has 1 aromatic rings. The fraction of sp³-hybridized carbons (Fsp3) is 0.556. The average molecular weight is 380 g/mol. The van der Waals surface area contributed by atoms with Gasteiger partial charge in [-0.1, -0.05) is 12.8 Å². The largest absolute Gasteiger partial charge is 0.480 e. The monoisotopic (exact) mass is 380 g/mol. The third-order valence-corrected chi connectivity index (χ3v) is 7.53. The predicted octanol–water partition coefficient (Wildman–Crippen LogP) is 2.08. The van der Waals surface area contributed by atoms with Crippen LogP contribution in [-0.2, 0) is 19.6 Å². The SMILES string of the molecule is CC(=O)N(C)c1ccc(S(=O)(=O)N2C(C(=O)O)CC3CCCCC32)cc1.